The number of Topliss-reactive ketones (excluding diaryl/α,β-unsaturated/α-hetero) is 1. The Bertz CT molecular complexity index is 1290. The van der Waals surface area contributed by atoms with Crippen molar-refractivity contribution in [2.45, 2.75) is 57.3 Å². The molecule has 0 saturated heterocycles. The predicted octanol–water partition coefficient (Wildman–Crippen LogP) is 4.12. The van der Waals surface area contributed by atoms with E-state index in [1.165, 1.54) is 22.7 Å². The molecule has 1 amide bonds. The number of hydrogen-bond donors (Lipinski definition) is 3. The van der Waals surface area contributed by atoms with Crippen molar-refractivity contribution >= 4 is 51.9 Å². The lowest BCUT2D eigenvalue weighted by molar-refractivity contribution is -0.148. The van der Waals surface area contributed by atoms with E-state index in [1.807, 2.05) is 35.7 Å². The van der Waals surface area contributed by atoms with E-state index in [1.54, 1.807) is 12.3 Å². The van der Waals surface area contributed by atoms with Crippen LogP contribution >= 0.6 is 34.3 Å². The quantitative estimate of drug-likeness (QED) is 0.231. The number of amides is 1. The molecule has 2 unspecified atom stereocenters. The first-order chi connectivity index (χ1) is 18.3. The number of rotatable bonds is 11. The molecule has 2 aromatic heterocycles. The van der Waals surface area contributed by atoms with Gasteiger partial charge in [0.1, 0.15) is 6.10 Å². The highest BCUT2D eigenvalue weighted by molar-refractivity contribution is 7.10. The van der Waals surface area contributed by atoms with E-state index in [2.05, 4.69) is 10.3 Å². The van der Waals surface area contributed by atoms with Gasteiger partial charge in [-0.3, -0.25) is 9.59 Å². The summed E-state index contributed by atoms with van der Waals surface area (Å²) in [5.41, 5.74) is 2.23. The number of aliphatic hydroxyl groups excluding tert-OH is 2. The van der Waals surface area contributed by atoms with Crippen LogP contribution in [0.4, 0.5) is 0 Å². The Morgan fingerprint density at radius 3 is 2.74 bits per heavy atom. The molecule has 3 N–H and O–H groups in total. The monoisotopic (exact) mass is 576 g/mol. The molecule has 2 heterocycles. The van der Waals surface area contributed by atoms with Crippen molar-refractivity contribution in [2.24, 2.45) is 5.92 Å². The fourth-order valence-corrected chi connectivity index (χ4v) is 6.74. The molecule has 4 rings (SSSR count). The summed E-state index contributed by atoms with van der Waals surface area (Å²) in [5, 5.41) is 28.9. The number of hydrogen-bond acceptors (Lipinski definition) is 9. The van der Waals surface area contributed by atoms with Crippen molar-refractivity contribution in [1.82, 2.24) is 10.3 Å². The Morgan fingerprint density at radius 2 is 1.97 bits per heavy atom. The van der Waals surface area contributed by atoms with Gasteiger partial charge in [0.25, 0.3) is 11.7 Å². The molecule has 0 radical (unpaired) electrons. The van der Waals surface area contributed by atoms with E-state index in [0.717, 1.165) is 22.4 Å². The fourth-order valence-electron chi connectivity index (χ4n) is 4.71. The maximum absolute atomic E-state index is 12.6. The van der Waals surface area contributed by atoms with Gasteiger partial charge in [-0.25, -0.2) is 9.78 Å². The van der Waals surface area contributed by atoms with Crippen LogP contribution in [0.25, 0.3) is 0 Å². The van der Waals surface area contributed by atoms with Crippen molar-refractivity contribution in [3.05, 3.63) is 72.8 Å². The van der Waals surface area contributed by atoms with E-state index in [4.69, 9.17) is 16.3 Å². The molecule has 3 aromatic rings. The topological polar surface area (TPSA) is 126 Å². The first-order valence-corrected chi connectivity index (χ1v) is 14.5. The number of aliphatic hydroxyl groups is 2. The number of nitrogens with zero attached hydrogens (tertiary/aromatic N) is 1. The van der Waals surface area contributed by atoms with Gasteiger partial charge in [-0.15, -0.1) is 22.7 Å². The summed E-state index contributed by atoms with van der Waals surface area (Å²) in [7, 11) is 0. The zero-order valence-electron chi connectivity index (χ0n) is 20.8. The number of aromatic nitrogens is 1. The second-order valence-electron chi connectivity index (χ2n) is 9.16. The molecule has 1 saturated carbocycles. The molecule has 8 nitrogen and oxygen atoms in total. The number of halogens is 1. The van der Waals surface area contributed by atoms with Crippen molar-refractivity contribution in [3.8, 4) is 0 Å². The third-order valence-corrected chi connectivity index (χ3v) is 8.96. The van der Waals surface area contributed by atoms with Crippen LogP contribution in [0.5, 0.6) is 0 Å². The van der Waals surface area contributed by atoms with Gasteiger partial charge in [0, 0.05) is 21.2 Å². The summed E-state index contributed by atoms with van der Waals surface area (Å²) in [6.07, 6.45) is -0.613. The van der Waals surface area contributed by atoms with E-state index in [9.17, 15) is 24.6 Å². The number of ketones is 1. The second kappa shape index (κ2) is 12.9. The van der Waals surface area contributed by atoms with Crippen LogP contribution in [0, 0.1) is 5.92 Å². The third kappa shape index (κ3) is 6.68. The van der Waals surface area contributed by atoms with Crippen LogP contribution in [0.1, 0.15) is 63.6 Å². The number of carbonyl (C=O) groups excluding carboxylic acids is 3. The number of nitrogens with one attached hydrogen (secondary N) is 1. The van der Waals surface area contributed by atoms with Crippen molar-refractivity contribution in [1.29, 1.82) is 0 Å². The Morgan fingerprint density at radius 1 is 1.18 bits per heavy atom. The minimum atomic E-state index is -1.86. The zero-order valence-corrected chi connectivity index (χ0v) is 23.2. The largest absolute Gasteiger partial charge is 0.461 e. The van der Waals surface area contributed by atoms with Gasteiger partial charge in [0.2, 0.25) is 0 Å². The van der Waals surface area contributed by atoms with E-state index in [0.29, 0.717) is 29.3 Å². The number of benzene rings is 1. The summed E-state index contributed by atoms with van der Waals surface area (Å²) in [6.45, 7) is 2.08. The number of ether oxygens (including phenoxy) is 1. The van der Waals surface area contributed by atoms with Crippen LogP contribution in [0.2, 0.25) is 5.02 Å². The molecule has 1 fully saturated rings. The maximum Gasteiger partial charge on any atom is 0.357 e. The van der Waals surface area contributed by atoms with Gasteiger partial charge >= 0.3 is 5.97 Å². The lowest BCUT2D eigenvalue weighted by atomic mass is 9.87. The predicted molar refractivity (Wildman–Crippen MR) is 146 cm³/mol. The lowest BCUT2D eigenvalue weighted by Gasteiger charge is -2.26. The molecule has 0 spiro atoms. The smallest absolute Gasteiger partial charge is 0.357 e. The number of carbonyl (C=O) groups is 3. The number of thiophene rings is 1. The van der Waals surface area contributed by atoms with Gasteiger partial charge in [0.15, 0.2) is 5.69 Å². The molecule has 0 bridgehead atoms. The molecule has 1 aliphatic rings. The molecular weight excluding hydrogens is 548 g/mol. The second-order valence-corrected chi connectivity index (χ2v) is 11.5. The molecule has 11 heteroatoms. The molecule has 0 aliphatic heterocycles. The van der Waals surface area contributed by atoms with Gasteiger partial charge in [-0.2, -0.15) is 0 Å². The van der Waals surface area contributed by atoms with Crippen LogP contribution in [0.15, 0.2) is 41.1 Å². The average molecular weight is 577 g/mol. The normalized spacial score (nSPS) is 18.6. The SMILES string of the molecule is CCOC(=O)c1csc([C@H]2CCCC2C(O)[C@H](O)C(=O)C(=O)NCc2cc(Cc3ccccc3Cl)cs2)n1. The van der Waals surface area contributed by atoms with E-state index < -0.39 is 35.8 Å². The molecule has 1 aromatic carbocycles. The first-order valence-electron chi connectivity index (χ1n) is 12.4. The van der Waals surface area contributed by atoms with Crippen LogP contribution in [0.3, 0.4) is 0 Å². The Hall–Kier alpha value is -2.63. The van der Waals surface area contributed by atoms with Crippen molar-refractivity contribution in [2.75, 3.05) is 6.61 Å². The highest BCUT2D eigenvalue weighted by atomic mass is 35.5. The fraction of sp³-hybridized carbons (Fsp3) is 0.407. The molecule has 1 aliphatic carbocycles. The summed E-state index contributed by atoms with van der Waals surface area (Å²) >= 11 is 8.96. The van der Waals surface area contributed by atoms with Gasteiger partial charge in [-0.05, 0) is 60.7 Å². The van der Waals surface area contributed by atoms with Crippen LogP contribution in [-0.2, 0) is 27.3 Å². The summed E-state index contributed by atoms with van der Waals surface area (Å²) in [6, 6.07) is 9.52. The Labute approximate surface area is 233 Å². The minimum Gasteiger partial charge on any atom is -0.461 e. The lowest BCUT2D eigenvalue weighted by Crippen LogP contribution is -2.46. The number of esters is 1. The summed E-state index contributed by atoms with van der Waals surface area (Å²) < 4.78 is 4.98. The van der Waals surface area contributed by atoms with Gasteiger partial charge in [0.05, 0.1) is 24.3 Å². The average Bonchev–Trinajstić information content (AvgIpc) is 3.68. The highest BCUT2D eigenvalue weighted by Crippen LogP contribution is 2.43. The summed E-state index contributed by atoms with van der Waals surface area (Å²) in [4.78, 5) is 42.3. The molecule has 4 atom stereocenters. The standard InChI is InChI=1S/C27H29ClN2O6S2/c1-2-36-27(35)21-14-38-26(30-21)19-8-5-7-18(19)22(31)23(32)24(33)25(34)29-12-17-11-15(13-37-17)10-16-6-3-4-9-20(16)28/h3-4,6,9,11,13-14,18-19,22-23,31-32H,2,5,7-8,10,12H2,1H3,(H,29,34)/t18?,19-,22?,23-/m0/s1. The summed E-state index contributed by atoms with van der Waals surface area (Å²) in [5.74, 6) is -3.24. The van der Waals surface area contributed by atoms with Crippen molar-refractivity contribution < 1.29 is 29.3 Å². The van der Waals surface area contributed by atoms with Gasteiger partial charge in [-0.1, -0.05) is 36.2 Å². The maximum atomic E-state index is 12.6. The molecule has 202 valence electrons. The van der Waals surface area contributed by atoms with Crippen LogP contribution < -0.4 is 5.32 Å². The highest BCUT2D eigenvalue weighted by Gasteiger charge is 2.42. The zero-order chi connectivity index (χ0) is 27.2. The molecular formula is C27H29ClN2O6S2. The van der Waals surface area contributed by atoms with Crippen molar-refractivity contribution in [3.63, 3.8) is 0 Å². The first kappa shape index (κ1) is 28.4. The third-order valence-electron chi connectivity index (χ3n) is 6.63. The van der Waals surface area contributed by atoms with E-state index >= 15 is 0 Å². The minimum absolute atomic E-state index is 0.127. The Kier molecular flexibility index (Phi) is 9.67. The van der Waals surface area contributed by atoms with Gasteiger partial charge < -0.3 is 20.3 Å². The molecule has 38 heavy (non-hydrogen) atoms. The Balaban J connectivity index is 1.32. The van der Waals surface area contributed by atoms with E-state index in [-0.39, 0.29) is 24.8 Å². The van der Waals surface area contributed by atoms with Crippen LogP contribution in [-0.4, -0.2) is 51.7 Å². The number of thiazole rings is 1.